The van der Waals surface area contributed by atoms with Gasteiger partial charge in [-0.2, -0.15) is 0 Å². The number of thiophene rings is 1. The van der Waals surface area contributed by atoms with Gasteiger partial charge in [0.05, 0.1) is 17.0 Å². The van der Waals surface area contributed by atoms with Crippen LogP contribution in [0.25, 0.3) is 10.2 Å². The van der Waals surface area contributed by atoms with Crippen LogP contribution in [0.5, 0.6) is 0 Å². The van der Waals surface area contributed by atoms with Gasteiger partial charge in [-0.05, 0) is 44.9 Å². The highest BCUT2D eigenvalue weighted by molar-refractivity contribution is 7.20. The molecule has 0 spiro atoms. The summed E-state index contributed by atoms with van der Waals surface area (Å²) in [7, 11) is 0. The zero-order valence-corrected chi connectivity index (χ0v) is 13.0. The summed E-state index contributed by atoms with van der Waals surface area (Å²) in [6.45, 7) is 9.07. The molecule has 0 N–H and O–H groups in total. The van der Waals surface area contributed by atoms with E-state index >= 15 is 0 Å². The molecular weight excluding hydrogens is 272 g/mol. The van der Waals surface area contributed by atoms with Crippen LogP contribution in [0, 0.1) is 13.8 Å². The molecule has 20 heavy (non-hydrogen) atoms. The first-order chi connectivity index (χ1) is 9.42. The number of amides is 1. The van der Waals surface area contributed by atoms with Gasteiger partial charge < -0.3 is 9.64 Å². The maximum Gasteiger partial charge on any atom is 0.266 e. The molecule has 1 aliphatic heterocycles. The monoisotopic (exact) mass is 290 g/mol. The molecule has 0 atom stereocenters. The van der Waals surface area contributed by atoms with Gasteiger partial charge in [-0.15, -0.1) is 11.3 Å². The Morgan fingerprint density at radius 1 is 1.45 bits per heavy atom. The second-order valence-electron chi connectivity index (χ2n) is 5.89. The number of aryl methyl sites for hydroxylation is 2. The summed E-state index contributed by atoms with van der Waals surface area (Å²) in [6.07, 6.45) is 1.80. The summed E-state index contributed by atoms with van der Waals surface area (Å²) in [5.41, 5.74) is 1.95. The molecule has 2 aromatic rings. The number of hydrogen-bond donors (Lipinski definition) is 0. The molecule has 0 bridgehead atoms. The average molecular weight is 290 g/mol. The lowest BCUT2D eigenvalue weighted by Crippen LogP contribution is -2.44. The Kier molecular flexibility index (Phi) is 3.06. The number of hydrogen-bond acceptors (Lipinski definition) is 4. The Hall–Kier alpha value is -1.46. The molecule has 0 saturated carbocycles. The van der Waals surface area contributed by atoms with Crippen molar-refractivity contribution in [1.82, 2.24) is 9.88 Å². The Morgan fingerprint density at radius 3 is 2.80 bits per heavy atom. The number of nitrogens with zero attached hydrogens (tertiary/aromatic N) is 2. The molecule has 1 aliphatic rings. The molecule has 1 amide bonds. The number of carbonyl (C=O) groups excluding carboxylic acids is 1. The predicted octanol–water partition coefficient (Wildman–Crippen LogP) is 3.12. The number of ether oxygens (including phenoxy) is 1. The van der Waals surface area contributed by atoms with Crippen molar-refractivity contribution < 1.29 is 9.53 Å². The van der Waals surface area contributed by atoms with Gasteiger partial charge in [0.1, 0.15) is 11.6 Å². The molecule has 3 rings (SSSR count). The van der Waals surface area contributed by atoms with Gasteiger partial charge in [0, 0.05) is 11.6 Å². The molecule has 0 aliphatic carbocycles. The Balaban J connectivity index is 2.09. The van der Waals surface area contributed by atoms with Gasteiger partial charge in [0.25, 0.3) is 5.91 Å². The third-order valence-electron chi connectivity index (χ3n) is 3.88. The predicted molar refractivity (Wildman–Crippen MR) is 80.2 cm³/mol. The molecule has 2 aromatic heterocycles. The van der Waals surface area contributed by atoms with E-state index in [0.29, 0.717) is 13.3 Å². The van der Waals surface area contributed by atoms with E-state index in [1.807, 2.05) is 26.8 Å². The van der Waals surface area contributed by atoms with Crippen molar-refractivity contribution in [2.75, 3.05) is 13.3 Å². The van der Waals surface area contributed by atoms with Crippen molar-refractivity contribution in [3.8, 4) is 0 Å². The van der Waals surface area contributed by atoms with Crippen LogP contribution in [0.15, 0.2) is 12.3 Å². The van der Waals surface area contributed by atoms with Crippen molar-refractivity contribution in [3.63, 3.8) is 0 Å². The number of fused-ring (bicyclic) bond motifs is 1. The van der Waals surface area contributed by atoms with Crippen LogP contribution >= 0.6 is 11.3 Å². The van der Waals surface area contributed by atoms with Crippen LogP contribution < -0.4 is 0 Å². The molecular formula is C15H18N2O2S. The highest BCUT2D eigenvalue weighted by atomic mass is 32.1. The van der Waals surface area contributed by atoms with Crippen molar-refractivity contribution in [2.45, 2.75) is 33.2 Å². The van der Waals surface area contributed by atoms with E-state index in [1.54, 1.807) is 11.1 Å². The normalized spacial score (nSPS) is 17.9. The summed E-state index contributed by atoms with van der Waals surface area (Å²) in [5.74, 6) is 0.0485. The Morgan fingerprint density at radius 2 is 2.20 bits per heavy atom. The van der Waals surface area contributed by atoms with Crippen molar-refractivity contribution in [1.29, 1.82) is 0 Å². The van der Waals surface area contributed by atoms with Crippen LogP contribution in [0.3, 0.4) is 0 Å². The second-order valence-corrected chi connectivity index (χ2v) is 6.89. The second kappa shape index (κ2) is 4.53. The highest BCUT2D eigenvalue weighted by Gasteiger charge is 2.38. The summed E-state index contributed by atoms with van der Waals surface area (Å²) in [4.78, 5) is 20.7. The van der Waals surface area contributed by atoms with Gasteiger partial charge in [-0.25, -0.2) is 4.98 Å². The van der Waals surface area contributed by atoms with Crippen molar-refractivity contribution in [2.24, 2.45) is 0 Å². The van der Waals surface area contributed by atoms with Crippen molar-refractivity contribution in [3.05, 3.63) is 28.3 Å². The Bertz CT molecular complexity index is 690. The van der Waals surface area contributed by atoms with E-state index in [2.05, 4.69) is 11.9 Å². The number of aromatic nitrogens is 1. The standard InChI is InChI=1S/C15H18N2O2S/c1-9-5-6-16-13-11(9)10(2)12(20-13)14(18)17-8-19-7-15(17,3)4/h5-6H,7-8H2,1-4H3. The van der Waals surface area contributed by atoms with Gasteiger partial charge >= 0.3 is 0 Å². The molecule has 0 aromatic carbocycles. The first kappa shape index (κ1) is 13.5. The van der Waals surface area contributed by atoms with Crippen LogP contribution in [0.1, 0.15) is 34.6 Å². The summed E-state index contributed by atoms with van der Waals surface area (Å²) >= 11 is 1.48. The number of carbonyl (C=O) groups is 1. The summed E-state index contributed by atoms with van der Waals surface area (Å²) in [5, 5.41) is 1.11. The smallest absolute Gasteiger partial charge is 0.266 e. The molecule has 4 nitrogen and oxygen atoms in total. The quantitative estimate of drug-likeness (QED) is 0.810. The van der Waals surface area contributed by atoms with Crippen LogP contribution in [-0.4, -0.2) is 34.7 Å². The average Bonchev–Trinajstić information content (AvgIpc) is 2.90. The largest absolute Gasteiger partial charge is 0.359 e. The fourth-order valence-corrected chi connectivity index (χ4v) is 3.83. The molecule has 3 heterocycles. The first-order valence-electron chi connectivity index (χ1n) is 6.66. The zero-order chi connectivity index (χ0) is 14.5. The molecule has 5 heteroatoms. The first-order valence-corrected chi connectivity index (χ1v) is 7.48. The third kappa shape index (κ3) is 1.93. The summed E-state index contributed by atoms with van der Waals surface area (Å²) in [6, 6.07) is 1.99. The molecule has 106 valence electrons. The van der Waals surface area contributed by atoms with Crippen molar-refractivity contribution >= 4 is 27.5 Å². The van der Waals surface area contributed by atoms with E-state index in [0.717, 1.165) is 20.7 Å². The fourth-order valence-electron chi connectivity index (χ4n) is 2.65. The molecule has 1 saturated heterocycles. The molecule has 0 unspecified atom stereocenters. The minimum atomic E-state index is -0.248. The molecule has 0 radical (unpaired) electrons. The van der Waals surface area contributed by atoms with E-state index in [-0.39, 0.29) is 11.4 Å². The minimum absolute atomic E-state index is 0.0485. The number of pyridine rings is 1. The van der Waals surface area contributed by atoms with Crippen LogP contribution in [0.2, 0.25) is 0 Å². The lowest BCUT2D eigenvalue weighted by Gasteiger charge is -2.28. The van der Waals surface area contributed by atoms with E-state index in [1.165, 1.54) is 16.9 Å². The number of rotatable bonds is 1. The van der Waals surface area contributed by atoms with Gasteiger partial charge in [0.15, 0.2) is 0 Å². The van der Waals surface area contributed by atoms with E-state index < -0.39 is 0 Å². The highest BCUT2D eigenvalue weighted by Crippen LogP contribution is 2.34. The van der Waals surface area contributed by atoms with E-state index in [4.69, 9.17) is 4.74 Å². The fraction of sp³-hybridized carbons (Fsp3) is 0.467. The van der Waals surface area contributed by atoms with Crippen LogP contribution in [-0.2, 0) is 4.74 Å². The molecule has 1 fully saturated rings. The lowest BCUT2D eigenvalue weighted by atomic mass is 10.0. The third-order valence-corrected chi connectivity index (χ3v) is 5.07. The maximum absolute atomic E-state index is 12.8. The van der Waals surface area contributed by atoms with Gasteiger partial charge in [0.2, 0.25) is 0 Å². The van der Waals surface area contributed by atoms with Gasteiger partial charge in [-0.3, -0.25) is 4.79 Å². The lowest BCUT2D eigenvalue weighted by molar-refractivity contribution is 0.0610. The Labute approximate surface area is 122 Å². The van der Waals surface area contributed by atoms with Crippen LogP contribution in [0.4, 0.5) is 0 Å². The summed E-state index contributed by atoms with van der Waals surface area (Å²) < 4.78 is 5.45. The topological polar surface area (TPSA) is 42.4 Å². The maximum atomic E-state index is 12.8. The van der Waals surface area contributed by atoms with E-state index in [9.17, 15) is 4.79 Å². The SMILES string of the molecule is Cc1ccnc2sc(C(=O)N3COCC3(C)C)c(C)c12. The van der Waals surface area contributed by atoms with Gasteiger partial charge in [-0.1, -0.05) is 0 Å². The zero-order valence-electron chi connectivity index (χ0n) is 12.2. The minimum Gasteiger partial charge on any atom is -0.359 e.